The van der Waals surface area contributed by atoms with Gasteiger partial charge in [-0.3, -0.25) is 9.79 Å². The molecule has 29 heavy (non-hydrogen) atoms. The highest BCUT2D eigenvalue weighted by Gasteiger charge is 2.63. The second-order valence-corrected chi connectivity index (χ2v) is 10.5. The quantitative estimate of drug-likeness (QED) is 0.412. The zero-order chi connectivity index (χ0) is 20.6. The molecular weight excluding hydrogens is 390 g/mol. The number of hydrogen-bond acceptors (Lipinski definition) is 5. The van der Waals surface area contributed by atoms with E-state index in [-0.39, 0.29) is 11.3 Å². The van der Waals surface area contributed by atoms with Crippen LogP contribution in [0.1, 0.15) is 39.5 Å². The van der Waals surface area contributed by atoms with Crippen molar-refractivity contribution >= 4 is 30.0 Å². The Balaban J connectivity index is 1.23. The van der Waals surface area contributed by atoms with Crippen molar-refractivity contribution in [2.45, 2.75) is 68.3 Å². The van der Waals surface area contributed by atoms with E-state index in [4.69, 9.17) is 0 Å². The summed E-state index contributed by atoms with van der Waals surface area (Å²) in [6.45, 7) is 6.73. The van der Waals surface area contributed by atoms with E-state index < -0.39 is 22.8 Å². The molecule has 1 aromatic rings. The Morgan fingerprint density at radius 3 is 2.83 bits per heavy atom. The highest BCUT2D eigenvalue weighted by Crippen LogP contribution is 2.51. The molecule has 0 aromatic carbocycles. The topological polar surface area (TPSA) is 91.0 Å². The Morgan fingerprint density at radius 2 is 2.17 bits per heavy atom. The minimum atomic E-state index is -0.934. The Labute approximate surface area is 175 Å². The lowest BCUT2D eigenvalue weighted by Crippen LogP contribution is -2.65. The maximum atomic E-state index is 12.5. The van der Waals surface area contributed by atoms with Gasteiger partial charge in [-0.15, -0.1) is 11.8 Å². The number of likely N-dealkylation sites (tertiary alicyclic amines) is 1. The summed E-state index contributed by atoms with van der Waals surface area (Å²) in [6.07, 6.45) is 12.2. The third-order valence-corrected chi connectivity index (χ3v) is 7.83. The number of nitrogens with zero attached hydrogens (tertiary/aromatic N) is 5. The van der Waals surface area contributed by atoms with E-state index in [0.29, 0.717) is 0 Å². The van der Waals surface area contributed by atoms with E-state index in [2.05, 4.69) is 19.4 Å². The summed E-state index contributed by atoms with van der Waals surface area (Å²) in [5.41, 5.74) is 0. The molecule has 0 aliphatic carbocycles. The number of carboxylic acid groups (broad SMARTS) is 1. The van der Waals surface area contributed by atoms with Gasteiger partial charge < -0.3 is 19.5 Å². The molecule has 8 nitrogen and oxygen atoms in total. The number of carbonyl (C=O) groups is 2. The molecule has 3 aliphatic rings. The first kappa shape index (κ1) is 20.3. The third kappa shape index (κ3) is 4.01. The van der Waals surface area contributed by atoms with Crippen LogP contribution in [0, 0.1) is 5.92 Å². The minimum absolute atomic E-state index is 0.157. The molecule has 4 heterocycles. The monoisotopic (exact) mass is 419 g/mol. The summed E-state index contributed by atoms with van der Waals surface area (Å²) in [7, 11) is 0. The number of carbonyl (C=O) groups excluding carboxylic acids is 1. The Kier molecular flexibility index (Phi) is 5.59. The molecule has 158 valence electrons. The summed E-state index contributed by atoms with van der Waals surface area (Å²) >= 11 is 1.55. The second kappa shape index (κ2) is 8.01. The highest BCUT2D eigenvalue weighted by atomic mass is 32.2. The first-order chi connectivity index (χ1) is 13.9. The zero-order valence-electron chi connectivity index (χ0n) is 17.0. The predicted molar refractivity (Wildman–Crippen MR) is 112 cm³/mol. The number of aliphatic imine (C=N–C) groups is 1. The number of amides is 1. The van der Waals surface area contributed by atoms with Gasteiger partial charge in [0.25, 0.3) is 5.91 Å². The van der Waals surface area contributed by atoms with Gasteiger partial charge in [0.1, 0.15) is 11.4 Å². The molecule has 0 bridgehead atoms. The summed E-state index contributed by atoms with van der Waals surface area (Å²) in [6, 6.07) is -1.22. The molecule has 1 aromatic heterocycles. The number of β-lactam (4-membered cyclic amide) rings is 1. The van der Waals surface area contributed by atoms with Crippen LogP contribution in [-0.2, 0) is 16.1 Å². The van der Waals surface area contributed by atoms with Gasteiger partial charge in [0.05, 0.1) is 12.7 Å². The fraction of sp³-hybridized carbons (Fsp3) is 0.700. The molecule has 3 atom stereocenters. The first-order valence-corrected chi connectivity index (χ1v) is 11.2. The summed E-state index contributed by atoms with van der Waals surface area (Å²) in [5, 5.41) is 9.33. The van der Waals surface area contributed by atoms with Gasteiger partial charge in [-0.25, -0.2) is 9.78 Å². The lowest BCUT2D eigenvalue weighted by molar-refractivity contribution is -0.158. The van der Waals surface area contributed by atoms with Gasteiger partial charge in [-0.1, -0.05) is 0 Å². The number of imidazole rings is 1. The van der Waals surface area contributed by atoms with Crippen molar-refractivity contribution in [2.75, 3.05) is 13.1 Å². The second-order valence-electron chi connectivity index (χ2n) is 8.73. The summed E-state index contributed by atoms with van der Waals surface area (Å²) in [4.78, 5) is 36.4. The fourth-order valence-corrected chi connectivity index (χ4v) is 6.26. The molecule has 0 radical (unpaired) electrons. The van der Waals surface area contributed by atoms with Crippen molar-refractivity contribution in [1.82, 2.24) is 19.4 Å². The van der Waals surface area contributed by atoms with Crippen LogP contribution >= 0.6 is 11.8 Å². The van der Waals surface area contributed by atoms with Gasteiger partial charge in [0.2, 0.25) is 0 Å². The SMILES string of the molecule is CC1(C)S[C@@H]2[C@H](N=CN3CCC(CCCn4ccnc4)CC3)C(=O)N2[C@H]1C(=O)O. The van der Waals surface area contributed by atoms with Crippen LogP contribution in [0.25, 0.3) is 0 Å². The number of fused-ring (bicyclic) bond motifs is 1. The van der Waals surface area contributed by atoms with Gasteiger partial charge >= 0.3 is 5.97 Å². The molecule has 0 unspecified atom stereocenters. The Bertz CT molecular complexity index is 773. The van der Waals surface area contributed by atoms with Crippen LogP contribution in [0.4, 0.5) is 0 Å². The molecule has 0 saturated carbocycles. The van der Waals surface area contributed by atoms with E-state index in [1.54, 1.807) is 11.8 Å². The fourth-order valence-electron chi connectivity index (χ4n) is 4.63. The predicted octanol–water partition coefficient (Wildman–Crippen LogP) is 1.92. The molecule has 3 fully saturated rings. The van der Waals surface area contributed by atoms with Crippen molar-refractivity contribution in [1.29, 1.82) is 0 Å². The van der Waals surface area contributed by atoms with Crippen LogP contribution in [0.3, 0.4) is 0 Å². The average Bonchev–Trinajstić information content (AvgIpc) is 3.27. The standard InChI is InChI=1S/C20H29N5O3S/c1-20(2)16(19(27)28)25-17(26)15(18(25)29-20)22-13-24-9-5-14(6-10-24)4-3-8-23-11-7-21-12-23/h7,11-16,18H,3-6,8-10H2,1-2H3,(H,27,28)/t15-,16+,18-/m1/s1. The first-order valence-electron chi connectivity index (χ1n) is 10.3. The number of thioether (sulfide) groups is 1. The van der Waals surface area contributed by atoms with Crippen LogP contribution in [0.2, 0.25) is 0 Å². The number of carboxylic acids is 1. The maximum Gasteiger partial charge on any atom is 0.327 e. The van der Waals surface area contributed by atoms with Crippen molar-refractivity contribution < 1.29 is 14.7 Å². The van der Waals surface area contributed by atoms with E-state index in [1.807, 2.05) is 38.9 Å². The largest absolute Gasteiger partial charge is 0.480 e. The average molecular weight is 420 g/mol. The molecule has 0 spiro atoms. The number of aryl methyl sites for hydroxylation is 1. The summed E-state index contributed by atoms with van der Waals surface area (Å²) in [5.74, 6) is -0.353. The Morgan fingerprint density at radius 1 is 1.41 bits per heavy atom. The van der Waals surface area contributed by atoms with Crippen molar-refractivity contribution in [2.24, 2.45) is 10.9 Å². The molecule has 1 N–H and O–H groups in total. The number of piperidine rings is 1. The lowest BCUT2D eigenvalue weighted by atomic mass is 9.92. The molecule has 4 rings (SSSR count). The molecule has 3 saturated heterocycles. The van der Waals surface area contributed by atoms with E-state index in [1.165, 1.54) is 17.7 Å². The normalized spacial score (nSPS) is 29.3. The number of rotatable bonds is 7. The van der Waals surface area contributed by atoms with Gasteiger partial charge in [-0.05, 0) is 45.4 Å². The molecule has 1 amide bonds. The van der Waals surface area contributed by atoms with Crippen LogP contribution in [-0.4, -0.2) is 78.0 Å². The Hall–Kier alpha value is -2.03. The van der Waals surface area contributed by atoms with Crippen molar-refractivity contribution in [3.05, 3.63) is 18.7 Å². The smallest absolute Gasteiger partial charge is 0.327 e. The lowest BCUT2D eigenvalue weighted by Gasteiger charge is -2.41. The molecule has 3 aliphatic heterocycles. The number of aliphatic carboxylic acids is 1. The zero-order valence-corrected chi connectivity index (χ0v) is 17.8. The maximum absolute atomic E-state index is 12.5. The van der Waals surface area contributed by atoms with Gasteiger partial charge in [-0.2, -0.15) is 0 Å². The van der Waals surface area contributed by atoms with Crippen molar-refractivity contribution in [3.63, 3.8) is 0 Å². The number of hydrogen-bond donors (Lipinski definition) is 1. The van der Waals surface area contributed by atoms with E-state index in [0.717, 1.165) is 38.4 Å². The van der Waals surface area contributed by atoms with Crippen molar-refractivity contribution in [3.8, 4) is 0 Å². The minimum Gasteiger partial charge on any atom is -0.480 e. The van der Waals surface area contributed by atoms with E-state index >= 15 is 0 Å². The van der Waals surface area contributed by atoms with E-state index in [9.17, 15) is 14.7 Å². The summed E-state index contributed by atoms with van der Waals surface area (Å²) < 4.78 is 1.63. The molecular formula is C20H29N5O3S. The van der Waals surface area contributed by atoms with Crippen LogP contribution in [0.15, 0.2) is 23.7 Å². The highest BCUT2D eigenvalue weighted by molar-refractivity contribution is 8.01. The third-order valence-electron chi connectivity index (χ3n) is 6.27. The molecule has 9 heteroatoms. The van der Waals surface area contributed by atoms with Gasteiger partial charge in [0.15, 0.2) is 6.04 Å². The van der Waals surface area contributed by atoms with Crippen LogP contribution in [0.5, 0.6) is 0 Å². The number of aromatic nitrogens is 2. The van der Waals surface area contributed by atoms with Gasteiger partial charge in [0, 0.05) is 36.8 Å². The van der Waals surface area contributed by atoms with Crippen LogP contribution < -0.4 is 0 Å².